The van der Waals surface area contributed by atoms with Gasteiger partial charge in [-0.25, -0.2) is 0 Å². The van der Waals surface area contributed by atoms with Crippen molar-refractivity contribution in [3.05, 3.63) is 59.2 Å². The number of hydrogen-bond acceptors (Lipinski definition) is 6. The van der Waals surface area contributed by atoms with E-state index in [1.165, 1.54) is 0 Å². The topological polar surface area (TPSA) is 109 Å². The summed E-state index contributed by atoms with van der Waals surface area (Å²) >= 11 is 0. The molecule has 0 spiro atoms. The molecule has 2 heterocycles. The Labute approximate surface area is 229 Å². The third-order valence-electron chi connectivity index (χ3n) is 8.02. The first-order valence-electron chi connectivity index (χ1n) is 14.0. The van der Waals surface area contributed by atoms with Gasteiger partial charge >= 0.3 is 0 Å². The van der Waals surface area contributed by atoms with E-state index in [4.69, 9.17) is 5.26 Å². The SMILES string of the molecule is N#Cc1ccc(C(=O)N2CCCN(c3ccc(C(=O)N4CCNCC4)cc3NC(=O)C3CCCC3)CC2)cc1. The number of piperazine rings is 1. The quantitative estimate of drug-likeness (QED) is 0.618. The van der Waals surface area contributed by atoms with Crippen molar-refractivity contribution in [1.82, 2.24) is 15.1 Å². The predicted octanol–water partition coefficient (Wildman–Crippen LogP) is 3.08. The summed E-state index contributed by atoms with van der Waals surface area (Å²) in [6, 6.07) is 14.5. The van der Waals surface area contributed by atoms with Gasteiger partial charge in [-0.3, -0.25) is 14.4 Å². The number of nitrogens with one attached hydrogen (secondary N) is 2. The van der Waals surface area contributed by atoms with Crippen molar-refractivity contribution in [1.29, 1.82) is 5.26 Å². The number of amides is 3. The Morgan fingerprint density at radius 1 is 0.795 bits per heavy atom. The maximum absolute atomic E-state index is 13.2. The molecular weight excluding hydrogens is 492 g/mol. The van der Waals surface area contributed by atoms with E-state index in [0.29, 0.717) is 55.1 Å². The van der Waals surface area contributed by atoms with Gasteiger partial charge in [-0.1, -0.05) is 12.8 Å². The van der Waals surface area contributed by atoms with E-state index in [1.807, 2.05) is 28.0 Å². The Bertz CT molecular complexity index is 1240. The number of hydrogen-bond donors (Lipinski definition) is 2. The van der Waals surface area contributed by atoms with Crippen LogP contribution in [-0.2, 0) is 4.79 Å². The first-order valence-corrected chi connectivity index (χ1v) is 14.0. The van der Waals surface area contributed by atoms with Crippen LogP contribution < -0.4 is 15.5 Å². The normalized spacial score (nSPS) is 18.4. The Morgan fingerprint density at radius 3 is 2.18 bits per heavy atom. The molecule has 0 atom stereocenters. The number of nitrogens with zero attached hydrogens (tertiary/aromatic N) is 4. The van der Waals surface area contributed by atoms with Gasteiger partial charge in [0.2, 0.25) is 5.91 Å². The van der Waals surface area contributed by atoms with Crippen LogP contribution in [0.3, 0.4) is 0 Å². The second-order valence-electron chi connectivity index (χ2n) is 10.6. The van der Waals surface area contributed by atoms with E-state index in [1.54, 1.807) is 24.3 Å². The predicted molar refractivity (Wildman–Crippen MR) is 150 cm³/mol. The van der Waals surface area contributed by atoms with Gasteiger partial charge in [0.1, 0.15) is 0 Å². The monoisotopic (exact) mass is 528 g/mol. The molecule has 3 fully saturated rings. The lowest BCUT2D eigenvalue weighted by Crippen LogP contribution is -2.46. The average Bonchev–Trinajstić information content (AvgIpc) is 3.42. The first-order chi connectivity index (χ1) is 19.0. The highest BCUT2D eigenvalue weighted by Crippen LogP contribution is 2.32. The van der Waals surface area contributed by atoms with Gasteiger partial charge in [0.05, 0.1) is 23.0 Å². The summed E-state index contributed by atoms with van der Waals surface area (Å²) in [4.78, 5) is 45.4. The molecule has 3 aliphatic rings. The van der Waals surface area contributed by atoms with E-state index in [0.717, 1.165) is 57.4 Å². The summed E-state index contributed by atoms with van der Waals surface area (Å²) in [6.07, 6.45) is 4.72. The fourth-order valence-electron chi connectivity index (χ4n) is 5.75. The highest BCUT2D eigenvalue weighted by molar-refractivity contribution is 6.00. The molecule has 39 heavy (non-hydrogen) atoms. The lowest BCUT2D eigenvalue weighted by molar-refractivity contribution is -0.119. The number of benzene rings is 2. The number of rotatable bonds is 5. The van der Waals surface area contributed by atoms with Crippen LogP contribution >= 0.6 is 0 Å². The van der Waals surface area contributed by atoms with E-state index in [9.17, 15) is 14.4 Å². The molecule has 0 bridgehead atoms. The average molecular weight is 529 g/mol. The molecule has 1 saturated carbocycles. The molecule has 1 aliphatic carbocycles. The second kappa shape index (κ2) is 12.3. The summed E-state index contributed by atoms with van der Waals surface area (Å²) in [5.74, 6) is -0.0365. The maximum Gasteiger partial charge on any atom is 0.254 e. The van der Waals surface area contributed by atoms with Crippen LogP contribution in [0, 0.1) is 17.2 Å². The fourth-order valence-corrected chi connectivity index (χ4v) is 5.75. The Kier molecular flexibility index (Phi) is 8.42. The molecule has 2 saturated heterocycles. The molecule has 9 heteroatoms. The van der Waals surface area contributed by atoms with Crippen molar-refractivity contribution < 1.29 is 14.4 Å². The molecular formula is C30H36N6O3. The Morgan fingerprint density at radius 2 is 1.46 bits per heavy atom. The molecule has 5 rings (SSSR count). The molecule has 204 valence electrons. The highest BCUT2D eigenvalue weighted by Gasteiger charge is 2.27. The van der Waals surface area contributed by atoms with E-state index >= 15 is 0 Å². The Hall–Kier alpha value is -3.90. The van der Waals surface area contributed by atoms with Gasteiger partial charge in [-0.2, -0.15) is 5.26 Å². The van der Waals surface area contributed by atoms with Crippen molar-refractivity contribution in [2.24, 2.45) is 5.92 Å². The largest absolute Gasteiger partial charge is 0.368 e. The van der Waals surface area contributed by atoms with Gasteiger partial charge in [0, 0.05) is 69.4 Å². The van der Waals surface area contributed by atoms with Crippen LogP contribution in [0.25, 0.3) is 0 Å². The molecule has 0 aromatic heterocycles. The molecule has 3 amide bonds. The van der Waals surface area contributed by atoms with E-state index in [2.05, 4.69) is 21.6 Å². The Balaban J connectivity index is 1.34. The van der Waals surface area contributed by atoms with Gasteiger partial charge < -0.3 is 25.3 Å². The number of anilines is 2. The standard InChI is InChI=1S/C30H36N6O3/c31-21-22-6-8-24(9-7-22)29(38)35-15-3-14-34(18-19-35)27-11-10-25(30(39)36-16-12-32-13-17-36)20-26(27)33-28(37)23-4-1-2-5-23/h6-11,20,23,32H,1-5,12-19H2,(H,33,37). The molecule has 2 aromatic carbocycles. The van der Waals surface area contributed by atoms with Gasteiger partial charge in [0.25, 0.3) is 11.8 Å². The zero-order chi connectivity index (χ0) is 27.2. The molecule has 2 N–H and O–H groups in total. The molecule has 9 nitrogen and oxygen atoms in total. The minimum atomic E-state index is -0.0481. The van der Waals surface area contributed by atoms with Gasteiger partial charge in [-0.05, 0) is 61.7 Å². The summed E-state index contributed by atoms with van der Waals surface area (Å²) in [5, 5.41) is 15.5. The lowest BCUT2D eigenvalue weighted by Gasteiger charge is -2.29. The second-order valence-corrected chi connectivity index (χ2v) is 10.6. The van der Waals surface area contributed by atoms with Crippen LogP contribution in [0.1, 0.15) is 58.4 Å². The van der Waals surface area contributed by atoms with Gasteiger partial charge in [-0.15, -0.1) is 0 Å². The molecule has 0 radical (unpaired) electrons. The minimum absolute atomic E-state index is 0.00930. The molecule has 0 unspecified atom stereocenters. The third kappa shape index (κ3) is 6.23. The zero-order valence-electron chi connectivity index (χ0n) is 22.3. The number of carbonyl (C=O) groups excluding carboxylic acids is 3. The molecule has 2 aromatic rings. The van der Waals surface area contributed by atoms with Crippen LogP contribution in [0.2, 0.25) is 0 Å². The van der Waals surface area contributed by atoms with Crippen LogP contribution in [-0.4, -0.2) is 79.9 Å². The molecule has 2 aliphatic heterocycles. The lowest BCUT2D eigenvalue weighted by atomic mass is 10.1. The van der Waals surface area contributed by atoms with Crippen LogP contribution in [0.4, 0.5) is 11.4 Å². The maximum atomic E-state index is 13.2. The number of nitriles is 1. The summed E-state index contributed by atoms with van der Waals surface area (Å²) in [6.45, 7) is 5.39. The summed E-state index contributed by atoms with van der Waals surface area (Å²) in [5.41, 5.74) is 3.22. The van der Waals surface area contributed by atoms with E-state index < -0.39 is 0 Å². The first kappa shape index (κ1) is 26.7. The minimum Gasteiger partial charge on any atom is -0.368 e. The van der Waals surface area contributed by atoms with Gasteiger partial charge in [0.15, 0.2) is 0 Å². The van der Waals surface area contributed by atoms with Crippen molar-refractivity contribution >= 4 is 29.1 Å². The summed E-state index contributed by atoms with van der Waals surface area (Å²) < 4.78 is 0. The van der Waals surface area contributed by atoms with Crippen molar-refractivity contribution in [3.8, 4) is 6.07 Å². The van der Waals surface area contributed by atoms with Crippen molar-refractivity contribution in [3.63, 3.8) is 0 Å². The smallest absolute Gasteiger partial charge is 0.254 e. The fraction of sp³-hybridized carbons (Fsp3) is 0.467. The summed E-state index contributed by atoms with van der Waals surface area (Å²) in [7, 11) is 0. The highest BCUT2D eigenvalue weighted by atomic mass is 16.2. The zero-order valence-corrected chi connectivity index (χ0v) is 22.3. The van der Waals surface area contributed by atoms with E-state index in [-0.39, 0.29) is 23.6 Å². The van der Waals surface area contributed by atoms with Crippen molar-refractivity contribution in [2.45, 2.75) is 32.1 Å². The van der Waals surface area contributed by atoms with Crippen LogP contribution in [0.5, 0.6) is 0 Å². The van der Waals surface area contributed by atoms with Crippen LogP contribution in [0.15, 0.2) is 42.5 Å². The third-order valence-corrected chi connectivity index (χ3v) is 8.02. The number of carbonyl (C=O) groups is 3. The van der Waals surface area contributed by atoms with Crippen molar-refractivity contribution in [2.75, 3.05) is 62.6 Å².